The van der Waals surface area contributed by atoms with E-state index in [0.717, 1.165) is 31.0 Å². The summed E-state index contributed by atoms with van der Waals surface area (Å²) in [6.45, 7) is 5.12. The second-order valence-corrected chi connectivity index (χ2v) is 5.74. The van der Waals surface area contributed by atoms with Gasteiger partial charge < -0.3 is 15.0 Å². The van der Waals surface area contributed by atoms with E-state index in [1.165, 1.54) is 0 Å². The minimum Gasteiger partial charge on any atom is -0.381 e. The zero-order valence-electron chi connectivity index (χ0n) is 11.7. The van der Waals surface area contributed by atoms with Crippen LogP contribution >= 0.6 is 0 Å². The summed E-state index contributed by atoms with van der Waals surface area (Å²) in [4.78, 5) is 6.41. The molecule has 1 aromatic heterocycles. The van der Waals surface area contributed by atoms with Crippen molar-refractivity contribution in [2.75, 3.05) is 30.9 Å². The molecule has 0 spiro atoms. The van der Waals surface area contributed by atoms with Gasteiger partial charge in [-0.3, -0.25) is 0 Å². The maximum Gasteiger partial charge on any atom is 0.128 e. The average molecular weight is 249 g/mol. The van der Waals surface area contributed by atoms with Crippen LogP contribution < -0.4 is 10.2 Å². The fourth-order valence-corrected chi connectivity index (χ4v) is 2.33. The van der Waals surface area contributed by atoms with Gasteiger partial charge in [0.15, 0.2) is 0 Å². The molecule has 100 valence electrons. The van der Waals surface area contributed by atoms with E-state index in [1.807, 2.05) is 31.3 Å². The largest absolute Gasteiger partial charge is 0.381 e. The predicted molar refractivity (Wildman–Crippen MR) is 75.2 cm³/mol. The number of pyridine rings is 1. The number of hydrogen-bond acceptors (Lipinski definition) is 4. The van der Waals surface area contributed by atoms with Crippen LogP contribution in [0, 0.1) is 0 Å². The topological polar surface area (TPSA) is 37.4 Å². The van der Waals surface area contributed by atoms with Gasteiger partial charge in [0, 0.05) is 26.7 Å². The molecular formula is C14H23N3O. The first-order chi connectivity index (χ1) is 8.46. The number of hydrogen-bond donors (Lipinski definition) is 1. The Bertz CT molecular complexity index is 387. The van der Waals surface area contributed by atoms with Crippen LogP contribution in [0.15, 0.2) is 18.3 Å². The summed E-state index contributed by atoms with van der Waals surface area (Å²) in [6.07, 6.45) is 3.99. The van der Waals surface area contributed by atoms with Gasteiger partial charge in [0.1, 0.15) is 5.82 Å². The molecule has 0 saturated carbocycles. The van der Waals surface area contributed by atoms with Gasteiger partial charge in [0.05, 0.1) is 17.5 Å². The highest BCUT2D eigenvalue weighted by atomic mass is 16.5. The Hall–Kier alpha value is -1.29. The third-order valence-corrected chi connectivity index (χ3v) is 3.27. The molecule has 0 aromatic carbocycles. The molecule has 1 N–H and O–H groups in total. The van der Waals surface area contributed by atoms with Gasteiger partial charge in [-0.15, -0.1) is 0 Å². The monoisotopic (exact) mass is 249 g/mol. The Morgan fingerprint density at radius 3 is 2.72 bits per heavy atom. The van der Waals surface area contributed by atoms with E-state index in [1.54, 1.807) is 0 Å². The lowest BCUT2D eigenvalue weighted by atomic mass is 9.94. The van der Waals surface area contributed by atoms with Crippen LogP contribution in [0.2, 0.25) is 0 Å². The minimum absolute atomic E-state index is 0.0209. The zero-order valence-corrected chi connectivity index (χ0v) is 11.7. The highest BCUT2D eigenvalue weighted by Crippen LogP contribution is 2.26. The smallest absolute Gasteiger partial charge is 0.128 e. The summed E-state index contributed by atoms with van der Waals surface area (Å²) in [5.41, 5.74) is 1.07. The highest BCUT2D eigenvalue weighted by molar-refractivity contribution is 5.48. The number of anilines is 2. The summed E-state index contributed by atoms with van der Waals surface area (Å²) in [5.74, 6) is 0.979. The van der Waals surface area contributed by atoms with Crippen molar-refractivity contribution in [2.45, 2.75) is 38.3 Å². The minimum atomic E-state index is -0.0209. The summed E-state index contributed by atoms with van der Waals surface area (Å²) in [7, 11) is 3.99. The third-order valence-electron chi connectivity index (χ3n) is 3.27. The molecular weight excluding hydrogens is 226 g/mol. The maximum atomic E-state index is 5.72. The Morgan fingerprint density at radius 2 is 2.17 bits per heavy atom. The fraction of sp³-hybridized carbons (Fsp3) is 0.643. The standard InChI is InChI=1S/C14H23N3O/c1-14(2)9-11(7-8-18-14)16-12-5-6-13(15-10-12)17(3)4/h5-6,10-11,16H,7-9H2,1-4H3. The zero-order chi connectivity index (χ0) is 13.2. The molecule has 2 rings (SSSR count). The Kier molecular flexibility index (Phi) is 3.76. The lowest BCUT2D eigenvalue weighted by Gasteiger charge is -2.36. The summed E-state index contributed by atoms with van der Waals surface area (Å²) in [5, 5.41) is 3.54. The van der Waals surface area contributed by atoms with Crippen molar-refractivity contribution in [3.05, 3.63) is 18.3 Å². The molecule has 4 heteroatoms. The fourth-order valence-electron chi connectivity index (χ4n) is 2.33. The third kappa shape index (κ3) is 3.35. The van der Waals surface area contributed by atoms with Crippen LogP contribution in [-0.2, 0) is 4.74 Å². The van der Waals surface area contributed by atoms with Gasteiger partial charge in [-0.2, -0.15) is 0 Å². The summed E-state index contributed by atoms with van der Waals surface area (Å²) < 4.78 is 5.72. The van der Waals surface area contributed by atoms with Crippen LogP contribution in [-0.4, -0.2) is 37.3 Å². The molecule has 1 unspecified atom stereocenters. The van der Waals surface area contributed by atoms with Crippen LogP contribution in [0.1, 0.15) is 26.7 Å². The molecule has 2 heterocycles. The van der Waals surface area contributed by atoms with Crippen molar-refractivity contribution in [1.82, 2.24) is 4.98 Å². The van der Waals surface area contributed by atoms with Gasteiger partial charge in [-0.1, -0.05) is 0 Å². The molecule has 0 radical (unpaired) electrons. The Balaban J connectivity index is 1.97. The molecule has 0 bridgehead atoms. The number of nitrogens with zero attached hydrogens (tertiary/aromatic N) is 2. The van der Waals surface area contributed by atoms with Crippen molar-refractivity contribution in [3.63, 3.8) is 0 Å². The molecule has 1 atom stereocenters. The summed E-state index contributed by atoms with van der Waals surface area (Å²) >= 11 is 0. The van der Waals surface area contributed by atoms with Gasteiger partial charge in [0.25, 0.3) is 0 Å². The highest BCUT2D eigenvalue weighted by Gasteiger charge is 2.28. The predicted octanol–water partition coefficient (Wildman–Crippen LogP) is 2.52. The van der Waals surface area contributed by atoms with E-state index in [2.05, 4.69) is 30.2 Å². The second kappa shape index (κ2) is 5.14. The van der Waals surface area contributed by atoms with E-state index in [4.69, 9.17) is 4.74 Å². The summed E-state index contributed by atoms with van der Waals surface area (Å²) in [6, 6.07) is 4.60. The molecule has 1 fully saturated rings. The number of rotatable bonds is 3. The van der Waals surface area contributed by atoms with Crippen LogP contribution in [0.3, 0.4) is 0 Å². The molecule has 1 aliphatic rings. The lowest BCUT2D eigenvalue weighted by Crippen LogP contribution is -2.40. The van der Waals surface area contributed by atoms with E-state index in [9.17, 15) is 0 Å². The Labute approximate surface area is 109 Å². The van der Waals surface area contributed by atoms with Crippen LogP contribution in [0.4, 0.5) is 11.5 Å². The van der Waals surface area contributed by atoms with Crippen molar-refractivity contribution in [1.29, 1.82) is 0 Å². The second-order valence-electron chi connectivity index (χ2n) is 5.74. The molecule has 1 aromatic rings. The van der Waals surface area contributed by atoms with Crippen molar-refractivity contribution < 1.29 is 4.74 Å². The van der Waals surface area contributed by atoms with Crippen LogP contribution in [0.25, 0.3) is 0 Å². The van der Waals surface area contributed by atoms with E-state index < -0.39 is 0 Å². The van der Waals surface area contributed by atoms with Crippen molar-refractivity contribution >= 4 is 11.5 Å². The average Bonchev–Trinajstić information content (AvgIpc) is 2.28. The van der Waals surface area contributed by atoms with Gasteiger partial charge >= 0.3 is 0 Å². The van der Waals surface area contributed by atoms with Crippen LogP contribution in [0.5, 0.6) is 0 Å². The molecule has 1 saturated heterocycles. The first kappa shape index (κ1) is 13.1. The molecule has 1 aliphatic heterocycles. The Morgan fingerprint density at radius 1 is 1.39 bits per heavy atom. The molecule has 4 nitrogen and oxygen atoms in total. The number of ether oxygens (including phenoxy) is 1. The number of aromatic nitrogens is 1. The van der Waals surface area contributed by atoms with E-state index >= 15 is 0 Å². The number of nitrogens with one attached hydrogen (secondary N) is 1. The maximum absolute atomic E-state index is 5.72. The van der Waals surface area contributed by atoms with Gasteiger partial charge in [-0.05, 0) is 38.8 Å². The van der Waals surface area contributed by atoms with E-state index in [0.29, 0.717) is 6.04 Å². The van der Waals surface area contributed by atoms with Crippen molar-refractivity contribution in [2.24, 2.45) is 0 Å². The lowest BCUT2D eigenvalue weighted by molar-refractivity contribution is -0.0553. The SMILES string of the molecule is CN(C)c1ccc(NC2CCOC(C)(C)C2)cn1. The van der Waals surface area contributed by atoms with Gasteiger partial charge in [-0.25, -0.2) is 4.98 Å². The first-order valence-electron chi connectivity index (χ1n) is 6.50. The first-order valence-corrected chi connectivity index (χ1v) is 6.50. The van der Waals surface area contributed by atoms with Crippen molar-refractivity contribution in [3.8, 4) is 0 Å². The quantitative estimate of drug-likeness (QED) is 0.893. The van der Waals surface area contributed by atoms with E-state index in [-0.39, 0.29) is 5.60 Å². The molecule has 18 heavy (non-hydrogen) atoms. The molecule has 0 amide bonds. The normalized spacial score (nSPS) is 22.6. The molecule has 0 aliphatic carbocycles. The van der Waals surface area contributed by atoms with Gasteiger partial charge in [0.2, 0.25) is 0 Å².